The van der Waals surface area contributed by atoms with Crippen LogP contribution in [0.4, 0.5) is 13.2 Å². The Balaban J connectivity index is 0.000000339. The molecule has 0 bridgehead atoms. The number of carbonyl (C=O) groups is 1. The second kappa shape index (κ2) is 9.65. The maximum absolute atomic E-state index is 10.6. The largest absolute Gasteiger partial charge is 0.490 e. The maximum atomic E-state index is 10.6. The monoisotopic (exact) mass is 453 g/mol. The molecule has 1 fully saturated rings. The Hall–Kier alpha value is -2.66. The summed E-state index contributed by atoms with van der Waals surface area (Å²) in [5.41, 5.74) is 3.26. The van der Waals surface area contributed by atoms with Crippen molar-refractivity contribution in [2.45, 2.75) is 43.4 Å². The van der Waals surface area contributed by atoms with E-state index in [2.05, 4.69) is 54.8 Å². The molecule has 7 nitrogen and oxygen atoms in total. The molecule has 0 aliphatic carbocycles. The minimum absolute atomic E-state index is 0.557. The van der Waals surface area contributed by atoms with Gasteiger partial charge in [-0.15, -0.1) is 10.2 Å². The van der Waals surface area contributed by atoms with Crippen molar-refractivity contribution in [1.82, 2.24) is 24.5 Å². The molecule has 1 atom stereocenters. The molecule has 0 saturated carbocycles. The predicted molar refractivity (Wildman–Crippen MR) is 110 cm³/mol. The Bertz CT molecular complexity index is 1040. The van der Waals surface area contributed by atoms with Crippen molar-refractivity contribution in [3.63, 3.8) is 0 Å². The summed E-state index contributed by atoms with van der Waals surface area (Å²) in [4.78, 5) is 16.0. The van der Waals surface area contributed by atoms with Gasteiger partial charge < -0.3 is 5.11 Å². The highest BCUT2D eigenvalue weighted by molar-refractivity contribution is 7.99. The number of rotatable bonds is 4. The summed E-state index contributed by atoms with van der Waals surface area (Å²) in [5, 5.41) is 17.3. The number of benzene rings is 1. The molecule has 1 aromatic carbocycles. The molecule has 1 saturated heterocycles. The van der Waals surface area contributed by atoms with Crippen LogP contribution in [0.3, 0.4) is 0 Å². The first-order chi connectivity index (χ1) is 14.6. The van der Waals surface area contributed by atoms with Crippen LogP contribution in [0.1, 0.15) is 23.5 Å². The molecule has 1 unspecified atom stereocenters. The van der Waals surface area contributed by atoms with Crippen molar-refractivity contribution < 1.29 is 23.1 Å². The van der Waals surface area contributed by atoms with Crippen LogP contribution in [0.5, 0.6) is 0 Å². The van der Waals surface area contributed by atoms with E-state index in [1.54, 1.807) is 0 Å². The topological polar surface area (TPSA) is 83.6 Å². The third-order valence-electron chi connectivity index (χ3n) is 4.65. The van der Waals surface area contributed by atoms with Crippen molar-refractivity contribution in [3.05, 3.63) is 53.5 Å². The van der Waals surface area contributed by atoms with Gasteiger partial charge in [0.2, 0.25) is 0 Å². The van der Waals surface area contributed by atoms with E-state index in [0.717, 1.165) is 42.0 Å². The van der Waals surface area contributed by atoms with Crippen LogP contribution in [-0.4, -0.2) is 60.1 Å². The number of aromatic nitrogens is 4. The van der Waals surface area contributed by atoms with Crippen molar-refractivity contribution in [2.75, 3.05) is 13.1 Å². The first kappa shape index (κ1) is 23.0. The summed E-state index contributed by atoms with van der Waals surface area (Å²) >= 11 is 1.83. The average molecular weight is 453 g/mol. The van der Waals surface area contributed by atoms with E-state index in [1.165, 1.54) is 12.0 Å². The maximum Gasteiger partial charge on any atom is 0.490 e. The predicted octanol–water partition coefficient (Wildman–Crippen LogP) is 3.74. The molecule has 1 aliphatic rings. The van der Waals surface area contributed by atoms with Gasteiger partial charge in [0.05, 0.1) is 0 Å². The van der Waals surface area contributed by atoms with Gasteiger partial charge >= 0.3 is 12.1 Å². The lowest BCUT2D eigenvalue weighted by Crippen LogP contribution is -2.21. The van der Waals surface area contributed by atoms with E-state index in [9.17, 15) is 13.2 Å². The molecular weight excluding hydrogens is 431 g/mol. The van der Waals surface area contributed by atoms with E-state index in [-0.39, 0.29) is 0 Å². The van der Waals surface area contributed by atoms with Crippen LogP contribution in [0.2, 0.25) is 0 Å². The molecule has 3 heterocycles. The zero-order valence-corrected chi connectivity index (χ0v) is 17.8. The number of halogens is 3. The van der Waals surface area contributed by atoms with Gasteiger partial charge in [-0.3, -0.25) is 9.30 Å². The Kier molecular flexibility index (Phi) is 7.16. The Morgan fingerprint density at radius 1 is 1.23 bits per heavy atom. The van der Waals surface area contributed by atoms with Crippen LogP contribution in [-0.2, 0) is 11.3 Å². The average Bonchev–Trinajstić information content (AvgIpc) is 3.29. The smallest absolute Gasteiger partial charge is 0.475 e. The molecule has 166 valence electrons. The van der Waals surface area contributed by atoms with Crippen molar-refractivity contribution >= 4 is 23.4 Å². The molecule has 0 spiro atoms. The molecule has 3 aromatic rings. The number of carboxylic acid groups (broad SMARTS) is 1. The van der Waals surface area contributed by atoms with E-state index >= 15 is 0 Å². The second-order valence-electron chi connectivity index (χ2n) is 7.17. The van der Waals surface area contributed by atoms with E-state index < -0.39 is 12.1 Å². The van der Waals surface area contributed by atoms with Gasteiger partial charge in [-0.25, -0.2) is 9.78 Å². The summed E-state index contributed by atoms with van der Waals surface area (Å²) in [6, 6.07) is 12.7. The molecule has 0 amide bonds. The van der Waals surface area contributed by atoms with Crippen LogP contribution in [0.25, 0.3) is 5.65 Å². The number of hydrogen-bond donors (Lipinski definition) is 1. The lowest BCUT2D eigenvalue weighted by molar-refractivity contribution is -0.192. The number of hydrogen-bond acceptors (Lipinski definition) is 6. The van der Waals surface area contributed by atoms with Crippen LogP contribution < -0.4 is 0 Å². The van der Waals surface area contributed by atoms with E-state index in [4.69, 9.17) is 9.90 Å². The van der Waals surface area contributed by atoms with Crippen LogP contribution >= 0.6 is 11.8 Å². The summed E-state index contributed by atoms with van der Waals surface area (Å²) in [7, 11) is 0. The van der Waals surface area contributed by atoms with E-state index in [0.29, 0.717) is 5.25 Å². The fourth-order valence-corrected chi connectivity index (χ4v) is 4.53. The number of aryl methyl sites for hydroxylation is 2. The summed E-state index contributed by atoms with van der Waals surface area (Å²) in [5.74, 6) is -1.80. The number of fused-ring (bicyclic) bond motifs is 1. The van der Waals surface area contributed by atoms with Gasteiger partial charge in [0.15, 0.2) is 10.8 Å². The van der Waals surface area contributed by atoms with Gasteiger partial charge in [0.25, 0.3) is 0 Å². The first-order valence-corrected chi connectivity index (χ1v) is 10.4. The van der Waals surface area contributed by atoms with Gasteiger partial charge in [0, 0.05) is 30.1 Å². The molecule has 2 aromatic heterocycles. The molecule has 11 heteroatoms. The van der Waals surface area contributed by atoms with Gasteiger partial charge in [-0.05, 0) is 32.4 Å². The number of likely N-dealkylation sites (tertiary alicyclic amines) is 1. The number of nitrogens with zero attached hydrogens (tertiary/aromatic N) is 5. The Labute approximate surface area is 181 Å². The number of carboxylic acids is 1. The second-order valence-corrected chi connectivity index (χ2v) is 8.44. The Morgan fingerprint density at radius 2 is 1.90 bits per heavy atom. The highest BCUT2D eigenvalue weighted by Crippen LogP contribution is 2.30. The van der Waals surface area contributed by atoms with E-state index in [1.807, 2.05) is 31.7 Å². The normalized spacial score (nSPS) is 16.9. The minimum atomic E-state index is -5.08. The highest BCUT2D eigenvalue weighted by Gasteiger charge is 2.38. The molecule has 1 N–H and O–H groups in total. The van der Waals surface area contributed by atoms with Crippen LogP contribution in [0, 0.1) is 13.8 Å². The third kappa shape index (κ3) is 6.17. The quantitative estimate of drug-likeness (QED) is 0.644. The van der Waals surface area contributed by atoms with Crippen molar-refractivity contribution in [2.24, 2.45) is 0 Å². The summed E-state index contributed by atoms with van der Waals surface area (Å²) < 4.78 is 33.8. The first-order valence-electron chi connectivity index (χ1n) is 9.56. The van der Waals surface area contributed by atoms with Crippen molar-refractivity contribution in [1.29, 1.82) is 0 Å². The van der Waals surface area contributed by atoms with Gasteiger partial charge in [-0.2, -0.15) is 13.2 Å². The fourth-order valence-electron chi connectivity index (χ4n) is 3.31. The SMILES string of the molecule is Cc1cc2nnc(SC3CCN(Cc4ccccc4)C3)n2c(C)n1.O=C(O)C(F)(F)F. The number of alkyl halides is 3. The third-order valence-corrected chi connectivity index (χ3v) is 5.84. The molecule has 4 rings (SSSR count). The minimum Gasteiger partial charge on any atom is -0.475 e. The fraction of sp³-hybridized carbons (Fsp3) is 0.400. The summed E-state index contributed by atoms with van der Waals surface area (Å²) in [6.07, 6.45) is -3.90. The lowest BCUT2D eigenvalue weighted by Gasteiger charge is -2.15. The van der Waals surface area contributed by atoms with Gasteiger partial charge in [-0.1, -0.05) is 42.1 Å². The standard InChI is InChI=1S/C18H21N5S.C2HF3O2/c1-13-10-17-20-21-18(23(17)14(2)19-13)24-16-8-9-22(12-16)11-15-6-4-3-5-7-15;3-2(4,5)1(6)7/h3-7,10,16H,8-9,11-12H2,1-2H3;(H,6,7). The zero-order valence-electron chi connectivity index (χ0n) is 17.0. The van der Waals surface area contributed by atoms with Gasteiger partial charge in [0.1, 0.15) is 5.82 Å². The Morgan fingerprint density at radius 3 is 2.55 bits per heavy atom. The zero-order chi connectivity index (χ0) is 22.6. The highest BCUT2D eigenvalue weighted by atomic mass is 32.2. The van der Waals surface area contributed by atoms with Crippen molar-refractivity contribution in [3.8, 4) is 0 Å². The molecular formula is C20H22F3N5O2S. The van der Waals surface area contributed by atoms with Crippen LogP contribution in [0.15, 0.2) is 41.6 Å². The number of thioether (sulfide) groups is 1. The lowest BCUT2D eigenvalue weighted by atomic mass is 10.2. The number of aliphatic carboxylic acids is 1. The summed E-state index contributed by atoms with van der Waals surface area (Å²) in [6.45, 7) is 7.27. The molecule has 1 aliphatic heterocycles. The molecule has 31 heavy (non-hydrogen) atoms. The molecule has 0 radical (unpaired) electrons.